The average Bonchev–Trinajstić information content (AvgIpc) is 3.62. The normalized spacial score (nSPS) is 15.5. The molecule has 0 bridgehead atoms. The molecular weight excluding hydrogens is 968 g/mol. The summed E-state index contributed by atoms with van der Waals surface area (Å²) >= 11 is 7.91. The van der Waals surface area contributed by atoms with Crippen LogP contribution in [0.1, 0.15) is 42.2 Å². The highest BCUT2D eigenvalue weighted by molar-refractivity contribution is 7.99. The van der Waals surface area contributed by atoms with Gasteiger partial charge in [0.2, 0.25) is 0 Å². The highest BCUT2D eigenvalue weighted by Crippen LogP contribution is 2.41. The first-order valence-electron chi connectivity index (χ1n) is 23.2. The van der Waals surface area contributed by atoms with Crippen LogP contribution in [0.25, 0.3) is 22.4 Å². The van der Waals surface area contributed by atoms with E-state index in [9.17, 15) is 28.4 Å². The van der Waals surface area contributed by atoms with Gasteiger partial charge in [-0.3, -0.25) is 19.6 Å². The number of benzene rings is 5. The molecular formula is C52H60Cl2N8O6S2. The maximum Gasteiger partial charge on any atom is 0.293 e. The highest BCUT2D eigenvalue weighted by atomic mass is 35.5. The van der Waals surface area contributed by atoms with Crippen LogP contribution in [0.15, 0.2) is 131 Å². The monoisotopic (exact) mass is 1030 g/mol. The number of carbonyl (C=O) groups excluding carboxylic acids is 1. The second-order valence-electron chi connectivity index (χ2n) is 18.0. The summed E-state index contributed by atoms with van der Waals surface area (Å²) in [5, 5.41) is 29.8. The molecule has 2 saturated heterocycles. The third-order valence-electron chi connectivity index (χ3n) is 13.3. The van der Waals surface area contributed by atoms with Gasteiger partial charge in [0.05, 0.1) is 26.7 Å². The van der Waals surface area contributed by atoms with Crippen molar-refractivity contribution in [1.29, 1.82) is 0 Å². The summed E-state index contributed by atoms with van der Waals surface area (Å²) < 4.78 is 32.1. The minimum absolute atomic E-state index is 0. The maximum atomic E-state index is 13.7. The molecule has 5 aromatic carbocycles. The molecule has 0 radical (unpaired) electrons. The minimum atomic E-state index is -4.19. The van der Waals surface area contributed by atoms with E-state index < -0.39 is 20.5 Å². The van der Waals surface area contributed by atoms with Gasteiger partial charge in [0.1, 0.15) is 5.69 Å². The Hall–Kier alpha value is -5.75. The lowest BCUT2D eigenvalue weighted by molar-refractivity contribution is -0.384. The van der Waals surface area contributed by atoms with E-state index in [4.69, 9.17) is 11.6 Å². The number of nitrogens with one attached hydrogen (secondary N) is 3. The van der Waals surface area contributed by atoms with E-state index in [0.717, 1.165) is 96.2 Å². The fraction of sp³-hybridized carbons (Fsp3) is 0.327. The van der Waals surface area contributed by atoms with Gasteiger partial charge in [-0.15, -0.1) is 24.2 Å². The van der Waals surface area contributed by atoms with E-state index >= 15 is 0 Å². The molecule has 0 saturated carbocycles. The summed E-state index contributed by atoms with van der Waals surface area (Å²) in [5.74, 6) is 0.482. The Balaban J connectivity index is 0.00000722. The zero-order valence-corrected chi connectivity index (χ0v) is 42.9. The number of aliphatic hydroxyl groups is 1. The van der Waals surface area contributed by atoms with Crippen molar-refractivity contribution >= 4 is 80.1 Å². The zero-order chi connectivity index (χ0) is 48.9. The molecule has 0 unspecified atom stereocenters. The molecule has 14 nitrogen and oxygen atoms in total. The van der Waals surface area contributed by atoms with Crippen molar-refractivity contribution in [2.45, 2.75) is 54.5 Å². The number of nitro groups is 1. The van der Waals surface area contributed by atoms with Crippen LogP contribution in [0.2, 0.25) is 5.02 Å². The summed E-state index contributed by atoms with van der Waals surface area (Å²) in [6.07, 6.45) is 2.07. The highest BCUT2D eigenvalue weighted by Gasteiger charge is 2.30. The number of anilines is 4. The minimum Gasteiger partial charge on any atom is -0.390 e. The molecule has 0 spiro atoms. The van der Waals surface area contributed by atoms with Crippen LogP contribution in [-0.2, 0) is 17.1 Å². The van der Waals surface area contributed by atoms with E-state index in [1.807, 2.05) is 99.8 Å². The molecule has 3 heterocycles. The van der Waals surface area contributed by atoms with Gasteiger partial charge in [-0.1, -0.05) is 54.1 Å². The number of piperazine rings is 1. The molecule has 18 heteroatoms. The summed E-state index contributed by atoms with van der Waals surface area (Å²) in [6, 6.07) is 36.9. The second-order valence-corrected chi connectivity index (χ2v) is 21.2. The van der Waals surface area contributed by atoms with Crippen LogP contribution < -0.4 is 25.2 Å². The fourth-order valence-corrected chi connectivity index (χ4v) is 11.3. The molecule has 0 aliphatic carbocycles. The van der Waals surface area contributed by atoms with Crippen LogP contribution in [-0.4, -0.2) is 104 Å². The number of piperidine rings is 1. The first-order valence-corrected chi connectivity index (χ1v) is 26.0. The van der Waals surface area contributed by atoms with Crippen LogP contribution >= 0.6 is 35.8 Å². The number of thioether (sulfide) groups is 1. The van der Waals surface area contributed by atoms with Crippen molar-refractivity contribution in [1.82, 2.24) is 14.8 Å². The maximum absolute atomic E-state index is 13.7. The van der Waals surface area contributed by atoms with Crippen molar-refractivity contribution in [2.24, 2.45) is 7.05 Å². The summed E-state index contributed by atoms with van der Waals surface area (Å²) in [4.78, 5) is 33.0. The summed E-state index contributed by atoms with van der Waals surface area (Å²) in [7, 11) is -0.570. The lowest BCUT2D eigenvalue weighted by Gasteiger charge is -2.37. The number of nitrogens with zero attached hydrogens (tertiary/aromatic N) is 5. The van der Waals surface area contributed by atoms with Gasteiger partial charge in [0.25, 0.3) is 21.6 Å². The number of hydrogen-bond donors (Lipinski definition) is 4. The molecule has 370 valence electrons. The number of likely N-dealkylation sites (tertiary alicyclic amines) is 1. The molecule has 1 atom stereocenters. The predicted molar refractivity (Wildman–Crippen MR) is 287 cm³/mol. The molecule has 2 aliphatic heterocycles. The van der Waals surface area contributed by atoms with Crippen molar-refractivity contribution < 1.29 is 23.2 Å². The average molecular weight is 1030 g/mol. The van der Waals surface area contributed by atoms with Crippen LogP contribution in [0, 0.1) is 17.0 Å². The summed E-state index contributed by atoms with van der Waals surface area (Å²) in [6.45, 7) is 9.03. The van der Waals surface area contributed by atoms with E-state index in [0.29, 0.717) is 41.3 Å². The Labute approximate surface area is 426 Å². The standard InChI is InChI=1S/C52H59ClN8O6S2.ClH/c1-36-48(51(62)54-3)49(50(57(36)4)37-13-15-39(53)16-14-37)38-9-8-10-43(33-38)60-31-29-59(30-32-60)42-19-17-40(18-20-42)56-69(66,67)45-21-22-46(47(34-45)61(64)65)55-41(35-68-44-11-6-5-7-12-44)23-26-58-27-24-52(2,63)25-28-58;/h5-22,33-34,41,55-56,63H,23-32,35H2,1-4H3,(H,54,62);1H/t41-;/m0./s1. The fourth-order valence-electron chi connectivity index (χ4n) is 9.15. The second kappa shape index (κ2) is 22.6. The number of aromatic nitrogens is 1. The van der Waals surface area contributed by atoms with Gasteiger partial charge >= 0.3 is 0 Å². The first kappa shape index (κ1) is 52.1. The van der Waals surface area contributed by atoms with Gasteiger partial charge in [0.15, 0.2) is 0 Å². The molecule has 6 aromatic rings. The Morgan fingerprint density at radius 1 is 0.857 bits per heavy atom. The van der Waals surface area contributed by atoms with Crippen LogP contribution in [0.4, 0.5) is 28.4 Å². The third-order valence-corrected chi connectivity index (χ3v) is 16.1. The topological polar surface area (TPSA) is 165 Å². The Morgan fingerprint density at radius 2 is 1.51 bits per heavy atom. The third kappa shape index (κ3) is 12.2. The largest absolute Gasteiger partial charge is 0.390 e. The SMILES string of the molecule is CNC(=O)c1c(-c2cccc(N3CCN(c4ccc(NS(=O)(=O)c5ccc(N[C@@H](CCN6CCC(C)(O)CC6)CSc6ccccc6)c([N+](=O)[O-])c5)cc4)CC3)c2)c(-c2ccc(Cl)cc2)n(C)c1C.Cl. The van der Waals surface area contributed by atoms with Crippen LogP contribution in [0.3, 0.4) is 0 Å². The van der Waals surface area contributed by atoms with Crippen molar-refractivity contribution in [3.05, 3.63) is 148 Å². The molecule has 2 aliphatic rings. The number of hydrogen-bond acceptors (Lipinski definition) is 11. The van der Waals surface area contributed by atoms with Crippen molar-refractivity contribution in [2.75, 3.05) is 78.5 Å². The molecule has 1 amide bonds. The number of nitro benzene ring substituents is 1. The van der Waals surface area contributed by atoms with E-state index in [2.05, 4.69) is 46.8 Å². The van der Waals surface area contributed by atoms with Crippen LogP contribution in [0.5, 0.6) is 0 Å². The van der Waals surface area contributed by atoms with Gasteiger partial charge in [-0.2, -0.15) is 0 Å². The number of carbonyl (C=O) groups is 1. The smallest absolute Gasteiger partial charge is 0.293 e. The molecule has 2 fully saturated rings. The van der Waals surface area contributed by atoms with Crippen molar-refractivity contribution in [3.63, 3.8) is 0 Å². The van der Waals surface area contributed by atoms with Gasteiger partial charge in [-0.25, -0.2) is 8.42 Å². The van der Waals surface area contributed by atoms with E-state index in [1.54, 1.807) is 30.9 Å². The first-order chi connectivity index (χ1) is 33.1. The summed E-state index contributed by atoms with van der Waals surface area (Å²) in [5.41, 5.74) is 6.73. The predicted octanol–water partition coefficient (Wildman–Crippen LogP) is 9.95. The lowest BCUT2D eigenvalue weighted by Crippen LogP contribution is -2.46. The van der Waals surface area contributed by atoms with E-state index in [-0.39, 0.29) is 40.6 Å². The quantitative estimate of drug-likeness (QED) is 0.0391. The number of halogens is 2. The number of amides is 1. The zero-order valence-electron chi connectivity index (χ0n) is 39.7. The Kier molecular flexibility index (Phi) is 16.8. The molecule has 4 N–H and O–H groups in total. The lowest BCUT2D eigenvalue weighted by atomic mass is 9.94. The number of sulfonamides is 1. The van der Waals surface area contributed by atoms with Gasteiger partial charge in [0, 0.05) is 116 Å². The Morgan fingerprint density at radius 3 is 2.16 bits per heavy atom. The van der Waals surface area contributed by atoms with Crippen molar-refractivity contribution in [3.8, 4) is 22.4 Å². The molecule has 8 rings (SSSR count). The number of rotatable bonds is 17. The molecule has 1 aromatic heterocycles. The van der Waals surface area contributed by atoms with Gasteiger partial charge < -0.3 is 35.0 Å². The molecule has 70 heavy (non-hydrogen) atoms. The van der Waals surface area contributed by atoms with E-state index in [1.165, 1.54) is 12.1 Å². The Bertz CT molecular complexity index is 2890. The van der Waals surface area contributed by atoms with Gasteiger partial charge in [-0.05, 0) is 117 Å².